The second kappa shape index (κ2) is 4.99. The van der Waals surface area contributed by atoms with Crippen molar-refractivity contribution in [2.45, 2.75) is 6.18 Å². The molecule has 0 saturated heterocycles. The molecule has 0 spiro atoms. The van der Waals surface area contributed by atoms with Gasteiger partial charge in [0.2, 0.25) is 0 Å². The van der Waals surface area contributed by atoms with Crippen molar-refractivity contribution in [2.24, 2.45) is 7.05 Å². The minimum atomic E-state index is -4.33. The van der Waals surface area contributed by atoms with Gasteiger partial charge in [0.25, 0.3) is 0 Å². The zero-order chi connectivity index (χ0) is 13.5. The highest BCUT2D eigenvalue weighted by molar-refractivity contribution is 14.1. The molecule has 2 rings (SSSR count). The average molecular weight is 478 g/mol. The summed E-state index contributed by atoms with van der Waals surface area (Å²) in [6.07, 6.45) is -4.33. The second-order valence-electron chi connectivity index (χ2n) is 3.65. The minimum absolute atomic E-state index is 0.466. The number of benzene rings is 1. The van der Waals surface area contributed by atoms with Crippen molar-refractivity contribution in [1.29, 1.82) is 0 Å². The lowest BCUT2D eigenvalue weighted by molar-refractivity contribution is -0.137. The summed E-state index contributed by atoms with van der Waals surface area (Å²) in [5, 5.41) is 0. The monoisotopic (exact) mass is 478 g/mol. The van der Waals surface area contributed by atoms with Gasteiger partial charge < -0.3 is 4.57 Å². The van der Waals surface area contributed by atoms with Gasteiger partial charge in [-0.05, 0) is 57.3 Å². The fourth-order valence-corrected chi connectivity index (χ4v) is 2.48. The maximum atomic E-state index is 12.6. The van der Waals surface area contributed by atoms with E-state index in [0.29, 0.717) is 11.4 Å². The van der Waals surface area contributed by atoms with Crippen LogP contribution in [-0.4, -0.2) is 9.55 Å². The molecule has 0 aliphatic rings. The molecule has 2 aromatic rings. The Balaban J connectivity index is 2.55. The Morgan fingerprint density at radius 1 is 1.22 bits per heavy atom. The van der Waals surface area contributed by atoms with Gasteiger partial charge in [0.15, 0.2) is 0 Å². The fourth-order valence-electron chi connectivity index (χ4n) is 1.54. The molecule has 1 aromatic carbocycles. The van der Waals surface area contributed by atoms with Crippen LogP contribution < -0.4 is 0 Å². The molecule has 0 atom stereocenters. The van der Waals surface area contributed by atoms with Crippen molar-refractivity contribution < 1.29 is 13.2 Å². The third-order valence-corrected chi connectivity index (χ3v) is 5.45. The first-order chi connectivity index (χ1) is 8.30. The molecule has 1 heterocycles. The van der Waals surface area contributed by atoms with E-state index in [2.05, 4.69) is 50.2 Å². The van der Waals surface area contributed by atoms with Crippen LogP contribution >= 0.6 is 45.2 Å². The molecular formula is C11H7F3I2N2. The predicted molar refractivity (Wildman–Crippen MR) is 79.1 cm³/mol. The number of imidazole rings is 1. The summed E-state index contributed by atoms with van der Waals surface area (Å²) in [5.41, 5.74) is -0.193. The SMILES string of the molecule is Cn1c(-c2cccc(C(F)(F)F)c2)nc(I)c1I. The van der Waals surface area contributed by atoms with Gasteiger partial charge in [-0.15, -0.1) is 0 Å². The Morgan fingerprint density at radius 3 is 2.39 bits per heavy atom. The van der Waals surface area contributed by atoms with Crippen LogP contribution in [0.3, 0.4) is 0 Å². The largest absolute Gasteiger partial charge is 0.416 e. The van der Waals surface area contributed by atoms with E-state index >= 15 is 0 Å². The van der Waals surface area contributed by atoms with Gasteiger partial charge in [-0.1, -0.05) is 12.1 Å². The van der Waals surface area contributed by atoms with Crippen molar-refractivity contribution in [3.63, 3.8) is 0 Å². The third-order valence-electron chi connectivity index (χ3n) is 2.43. The summed E-state index contributed by atoms with van der Waals surface area (Å²) < 4.78 is 41.4. The summed E-state index contributed by atoms with van der Waals surface area (Å²) in [6, 6.07) is 5.20. The van der Waals surface area contributed by atoms with Crippen LogP contribution in [0.4, 0.5) is 13.2 Å². The number of alkyl halides is 3. The number of nitrogens with zero attached hydrogens (tertiary/aromatic N) is 2. The van der Waals surface area contributed by atoms with Gasteiger partial charge in [0, 0.05) is 12.6 Å². The molecule has 1 aromatic heterocycles. The van der Waals surface area contributed by atoms with Crippen LogP contribution in [0, 0.1) is 7.40 Å². The Bertz CT molecular complexity index is 590. The van der Waals surface area contributed by atoms with E-state index in [1.807, 2.05) is 0 Å². The van der Waals surface area contributed by atoms with Crippen molar-refractivity contribution in [3.8, 4) is 11.4 Å². The summed E-state index contributed by atoms with van der Waals surface area (Å²) in [6.45, 7) is 0. The summed E-state index contributed by atoms with van der Waals surface area (Å²) in [5.74, 6) is 0.537. The van der Waals surface area contributed by atoms with Crippen LogP contribution in [0.25, 0.3) is 11.4 Å². The number of hydrogen-bond acceptors (Lipinski definition) is 1. The standard InChI is InChI=1S/C11H7F3I2N2/c1-18-9(16)8(15)17-10(18)6-3-2-4-7(5-6)11(12,13)14/h2-5H,1H3. The lowest BCUT2D eigenvalue weighted by Gasteiger charge is -2.08. The molecule has 0 fully saturated rings. The maximum Gasteiger partial charge on any atom is 0.416 e. The molecule has 7 heteroatoms. The molecule has 0 amide bonds. The summed E-state index contributed by atoms with van der Waals surface area (Å²) >= 11 is 4.17. The Morgan fingerprint density at radius 2 is 1.89 bits per heavy atom. The maximum absolute atomic E-state index is 12.6. The van der Waals surface area contributed by atoms with Crippen LogP contribution in [0.2, 0.25) is 0 Å². The smallest absolute Gasteiger partial charge is 0.322 e. The van der Waals surface area contributed by atoms with E-state index in [1.165, 1.54) is 6.07 Å². The van der Waals surface area contributed by atoms with Crippen molar-refractivity contribution >= 4 is 45.2 Å². The van der Waals surface area contributed by atoms with Gasteiger partial charge in [0.05, 0.1) is 5.56 Å². The van der Waals surface area contributed by atoms with Gasteiger partial charge in [-0.3, -0.25) is 0 Å². The number of rotatable bonds is 1. The first-order valence-corrected chi connectivity index (χ1v) is 7.02. The van der Waals surface area contributed by atoms with Gasteiger partial charge in [-0.25, -0.2) is 4.98 Å². The zero-order valence-electron chi connectivity index (χ0n) is 9.09. The van der Waals surface area contributed by atoms with E-state index in [9.17, 15) is 13.2 Å². The van der Waals surface area contributed by atoms with E-state index in [0.717, 1.165) is 19.5 Å². The number of halogens is 5. The first kappa shape index (κ1) is 14.1. The summed E-state index contributed by atoms with van der Waals surface area (Å²) in [7, 11) is 1.78. The highest BCUT2D eigenvalue weighted by Crippen LogP contribution is 2.32. The van der Waals surface area contributed by atoms with E-state index in [1.54, 1.807) is 17.7 Å². The predicted octanol–water partition coefficient (Wildman–Crippen LogP) is 4.32. The van der Waals surface area contributed by atoms with Gasteiger partial charge in [-0.2, -0.15) is 13.2 Å². The molecule has 0 aliphatic carbocycles. The van der Waals surface area contributed by atoms with E-state index in [4.69, 9.17) is 0 Å². The van der Waals surface area contributed by atoms with E-state index in [-0.39, 0.29) is 0 Å². The zero-order valence-corrected chi connectivity index (χ0v) is 13.4. The number of hydrogen-bond donors (Lipinski definition) is 0. The molecule has 0 aliphatic heterocycles. The van der Waals surface area contributed by atoms with Crippen LogP contribution in [-0.2, 0) is 13.2 Å². The third kappa shape index (κ3) is 2.65. The summed E-state index contributed by atoms with van der Waals surface area (Å²) in [4.78, 5) is 4.28. The second-order valence-corrected chi connectivity index (χ2v) is 5.70. The highest BCUT2D eigenvalue weighted by Gasteiger charge is 2.30. The molecule has 18 heavy (non-hydrogen) atoms. The molecule has 0 N–H and O–H groups in total. The quantitative estimate of drug-likeness (QED) is 0.559. The lowest BCUT2D eigenvalue weighted by Crippen LogP contribution is -2.05. The normalized spacial score (nSPS) is 11.9. The molecule has 96 valence electrons. The van der Waals surface area contributed by atoms with Crippen LogP contribution in [0.15, 0.2) is 24.3 Å². The Kier molecular flexibility index (Phi) is 3.90. The first-order valence-electron chi connectivity index (χ1n) is 4.86. The van der Waals surface area contributed by atoms with Gasteiger partial charge in [0.1, 0.15) is 13.2 Å². The van der Waals surface area contributed by atoms with Crippen molar-refractivity contribution in [2.75, 3.05) is 0 Å². The highest BCUT2D eigenvalue weighted by atomic mass is 127. The molecule has 0 unspecified atom stereocenters. The molecule has 2 nitrogen and oxygen atoms in total. The van der Waals surface area contributed by atoms with Crippen LogP contribution in [0.5, 0.6) is 0 Å². The van der Waals surface area contributed by atoms with Crippen molar-refractivity contribution in [1.82, 2.24) is 9.55 Å². The van der Waals surface area contributed by atoms with Gasteiger partial charge >= 0.3 is 6.18 Å². The van der Waals surface area contributed by atoms with Crippen molar-refractivity contribution in [3.05, 3.63) is 37.2 Å². The molecular weight excluding hydrogens is 471 g/mol. The Labute approximate surface area is 129 Å². The molecule has 0 bridgehead atoms. The lowest BCUT2D eigenvalue weighted by atomic mass is 10.1. The fraction of sp³-hybridized carbons (Fsp3) is 0.182. The molecule has 0 saturated carbocycles. The Hall–Kier alpha value is -0.320. The van der Waals surface area contributed by atoms with Crippen LogP contribution in [0.1, 0.15) is 5.56 Å². The average Bonchev–Trinajstić information content (AvgIpc) is 2.56. The topological polar surface area (TPSA) is 17.8 Å². The molecule has 0 radical (unpaired) electrons. The minimum Gasteiger partial charge on any atom is -0.322 e. The van der Waals surface area contributed by atoms with E-state index < -0.39 is 11.7 Å². The number of aromatic nitrogens is 2.